The maximum Gasteiger partial charge on any atom is 0.243 e. The Balaban J connectivity index is 1.51. The lowest BCUT2D eigenvalue weighted by Gasteiger charge is -2.19. The zero-order chi connectivity index (χ0) is 21.7. The number of sulfonamides is 1. The van der Waals surface area contributed by atoms with E-state index in [1.54, 1.807) is 0 Å². The molecule has 2 aromatic carbocycles. The van der Waals surface area contributed by atoms with Crippen LogP contribution in [0.2, 0.25) is 5.02 Å². The number of likely N-dealkylation sites (tertiary alicyclic amines) is 1. The molecule has 0 aromatic heterocycles. The smallest absolute Gasteiger partial charge is 0.243 e. The van der Waals surface area contributed by atoms with E-state index in [4.69, 9.17) is 21.1 Å². The van der Waals surface area contributed by atoms with Gasteiger partial charge >= 0.3 is 0 Å². The lowest BCUT2D eigenvalue weighted by Crippen LogP contribution is -2.38. The van der Waals surface area contributed by atoms with Gasteiger partial charge in [0, 0.05) is 19.1 Å². The van der Waals surface area contributed by atoms with Crippen molar-refractivity contribution < 1.29 is 22.3 Å². The maximum absolute atomic E-state index is 14.1. The number of hydrogen-bond acceptors (Lipinski definition) is 5. The van der Waals surface area contributed by atoms with Crippen LogP contribution in [0.3, 0.4) is 0 Å². The first kappa shape index (κ1) is 22.8. The molecule has 1 heterocycles. The Hall–Kier alpha value is -1.87. The normalized spacial score (nSPS) is 17.4. The van der Waals surface area contributed by atoms with E-state index in [-0.39, 0.29) is 17.2 Å². The maximum atomic E-state index is 14.1. The van der Waals surface area contributed by atoms with E-state index >= 15 is 0 Å². The summed E-state index contributed by atoms with van der Waals surface area (Å²) in [5, 5.41) is -0.218. The Kier molecular flexibility index (Phi) is 7.57. The minimum absolute atomic E-state index is 0.0476. The molecule has 0 aliphatic carbocycles. The Morgan fingerprint density at radius 3 is 2.67 bits per heavy atom. The van der Waals surface area contributed by atoms with Crippen molar-refractivity contribution in [3.8, 4) is 11.5 Å². The molecule has 30 heavy (non-hydrogen) atoms. The molecule has 0 spiro atoms. The number of benzene rings is 2. The molecule has 0 amide bonds. The summed E-state index contributed by atoms with van der Waals surface area (Å²) in [6.45, 7) is 6.24. The van der Waals surface area contributed by atoms with Crippen molar-refractivity contribution >= 4 is 21.6 Å². The molecule has 1 aliphatic rings. The summed E-state index contributed by atoms with van der Waals surface area (Å²) in [7, 11) is -3.98. The van der Waals surface area contributed by atoms with Gasteiger partial charge in [-0.1, -0.05) is 29.8 Å². The first-order valence-corrected chi connectivity index (χ1v) is 11.7. The fourth-order valence-electron chi connectivity index (χ4n) is 3.31. The van der Waals surface area contributed by atoms with E-state index in [1.165, 1.54) is 18.2 Å². The van der Waals surface area contributed by atoms with Crippen LogP contribution in [0.15, 0.2) is 47.4 Å². The topological polar surface area (TPSA) is 67.9 Å². The van der Waals surface area contributed by atoms with Crippen molar-refractivity contribution in [1.82, 2.24) is 9.62 Å². The van der Waals surface area contributed by atoms with Gasteiger partial charge in [-0.2, -0.15) is 0 Å². The van der Waals surface area contributed by atoms with Gasteiger partial charge in [0.15, 0.2) is 17.3 Å². The second-order valence-corrected chi connectivity index (χ2v) is 9.51. The summed E-state index contributed by atoms with van der Waals surface area (Å²) < 4.78 is 53.3. The van der Waals surface area contributed by atoms with Crippen LogP contribution in [0.5, 0.6) is 11.5 Å². The van der Waals surface area contributed by atoms with Gasteiger partial charge in [-0.05, 0) is 51.1 Å². The second-order valence-electron chi connectivity index (χ2n) is 7.42. The SMILES string of the molecule is CC(C)Oc1ccccc1OCCN1CC[C@H](NS(=O)(=O)c2cccc(Cl)c2F)C1. The lowest BCUT2D eigenvalue weighted by atomic mass is 10.3. The van der Waals surface area contributed by atoms with E-state index in [1.807, 2.05) is 38.1 Å². The third-order valence-corrected chi connectivity index (χ3v) is 6.51. The van der Waals surface area contributed by atoms with Gasteiger partial charge in [-0.3, -0.25) is 4.90 Å². The fourth-order valence-corrected chi connectivity index (χ4v) is 4.90. The van der Waals surface area contributed by atoms with Crippen LogP contribution >= 0.6 is 11.6 Å². The molecule has 1 atom stereocenters. The van der Waals surface area contributed by atoms with E-state index in [0.29, 0.717) is 37.6 Å². The van der Waals surface area contributed by atoms with Gasteiger partial charge in [0.1, 0.15) is 11.5 Å². The zero-order valence-corrected chi connectivity index (χ0v) is 18.5. The molecule has 2 aromatic rings. The summed E-state index contributed by atoms with van der Waals surface area (Å²) in [6, 6.07) is 11.1. The molecule has 1 N–H and O–H groups in total. The molecular formula is C21H26ClFN2O4S. The van der Waals surface area contributed by atoms with E-state index in [2.05, 4.69) is 9.62 Å². The van der Waals surface area contributed by atoms with Gasteiger partial charge in [-0.25, -0.2) is 17.5 Å². The Morgan fingerprint density at radius 1 is 1.20 bits per heavy atom. The highest BCUT2D eigenvalue weighted by atomic mass is 35.5. The van der Waals surface area contributed by atoms with Crippen LogP contribution in [-0.2, 0) is 10.0 Å². The highest BCUT2D eigenvalue weighted by molar-refractivity contribution is 7.89. The van der Waals surface area contributed by atoms with Crippen molar-refractivity contribution in [1.29, 1.82) is 0 Å². The first-order chi connectivity index (χ1) is 14.3. The third-order valence-electron chi connectivity index (χ3n) is 4.68. The van der Waals surface area contributed by atoms with E-state index in [0.717, 1.165) is 6.54 Å². The van der Waals surface area contributed by atoms with Crippen LogP contribution in [0.1, 0.15) is 20.3 Å². The van der Waals surface area contributed by atoms with Gasteiger partial charge in [0.25, 0.3) is 0 Å². The first-order valence-electron chi connectivity index (χ1n) is 9.83. The van der Waals surface area contributed by atoms with Gasteiger partial charge in [-0.15, -0.1) is 0 Å². The van der Waals surface area contributed by atoms with Crippen LogP contribution in [0, 0.1) is 5.82 Å². The standard InChI is InChI=1S/C21H26ClFN2O4S/c1-15(2)29-19-8-4-3-7-18(19)28-13-12-25-11-10-16(14-25)24-30(26,27)20-9-5-6-17(22)21(20)23/h3-9,15-16,24H,10-14H2,1-2H3/t16-/m0/s1. The summed E-state index contributed by atoms with van der Waals surface area (Å²) in [4.78, 5) is 1.67. The molecule has 3 rings (SSSR count). The summed E-state index contributed by atoms with van der Waals surface area (Å²) >= 11 is 5.71. The summed E-state index contributed by atoms with van der Waals surface area (Å²) in [5.41, 5.74) is 0. The molecule has 0 bridgehead atoms. The molecule has 1 aliphatic heterocycles. The average Bonchev–Trinajstić information content (AvgIpc) is 3.11. The molecule has 9 heteroatoms. The molecule has 0 unspecified atom stereocenters. The van der Waals surface area contributed by atoms with E-state index < -0.39 is 20.7 Å². The Bertz CT molecular complexity index is 971. The highest BCUT2D eigenvalue weighted by Crippen LogP contribution is 2.27. The molecule has 6 nitrogen and oxygen atoms in total. The molecular weight excluding hydrogens is 431 g/mol. The van der Waals surface area contributed by atoms with Gasteiger partial charge in [0.2, 0.25) is 10.0 Å². The van der Waals surface area contributed by atoms with Crippen molar-refractivity contribution in [2.24, 2.45) is 0 Å². The number of nitrogens with one attached hydrogen (secondary N) is 1. The molecule has 0 saturated carbocycles. The number of halogens is 2. The monoisotopic (exact) mass is 456 g/mol. The predicted octanol–water partition coefficient (Wildman–Crippen LogP) is 3.70. The number of rotatable bonds is 9. The Labute approximate surface area is 182 Å². The number of para-hydroxylation sites is 2. The molecule has 1 fully saturated rings. The third kappa shape index (κ3) is 5.85. The molecule has 1 saturated heterocycles. The van der Waals surface area contributed by atoms with Gasteiger partial charge < -0.3 is 9.47 Å². The number of nitrogens with zero attached hydrogens (tertiary/aromatic N) is 1. The zero-order valence-electron chi connectivity index (χ0n) is 17.0. The summed E-state index contributed by atoms with van der Waals surface area (Å²) in [5.74, 6) is 0.444. The lowest BCUT2D eigenvalue weighted by molar-refractivity contribution is 0.204. The number of hydrogen-bond donors (Lipinski definition) is 1. The van der Waals surface area contributed by atoms with Crippen molar-refractivity contribution in [2.45, 2.75) is 37.3 Å². The molecule has 164 valence electrons. The average molecular weight is 457 g/mol. The van der Waals surface area contributed by atoms with Crippen molar-refractivity contribution in [3.63, 3.8) is 0 Å². The van der Waals surface area contributed by atoms with Crippen LogP contribution in [0.4, 0.5) is 4.39 Å². The largest absolute Gasteiger partial charge is 0.488 e. The van der Waals surface area contributed by atoms with Crippen molar-refractivity contribution in [3.05, 3.63) is 53.3 Å². The minimum Gasteiger partial charge on any atom is -0.488 e. The Morgan fingerprint density at radius 2 is 1.93 bits per heavy atom. The van der Waals surface area contributed by atoms with Crippen LogP contribution < -0.4 is 14.2 Å². The predicted molar refractivity (Wildman–Crippen MR) is 114 cm³/mol. The van der Waals surface area contributed by atoms with Crippen LogP contribution in [0.25, 0.3) is 0 Å². The fraction of sp³-hybridized carbons (Fsp3) is 0.429. The minimum atomic E-state index is -3.98. The second kappa shape index (κ2) is 9.96. The molecule has 0 radical (unpaired) electrons. The quantitative estimate of drug-likeness (QED) is 0.623. The number of ether oxygens (including phenoxy) is 2. The van der Waals surface area contributed by atoms with Gasteiger partial charge in [0.05, 0.1) is 11.1 Å². The summed E-state index contributed by atoms with van der Waals surface area (Å²) in [6.07, 6.45) is 0.681. The highest BCUT2D eigenvalue weighted by Gasteiger charge is 2.29. The van der Waals surface area contributed by atoms with E-state index in [9.17, 15) is 12.8 Å². The van der Waals surface area contributed by atoms with Crippen molar-refractivity contribution in [2.75, 3.05) is 26.2 Å². The van der Waals surface area contributed by atoms with Crippen LogP contribution in [-0.4, -0.2) is 51.7 Å².